The monoisotopic (exact) mass is 414 g/mol. The van der Waals surface area contributed by atoms with Crippen molar-refractivity contribution in [3.8, 4) is 0 Å². The second-order valence-electron chi connectivity index (χ2n) is 7.29. The van der Waals surface area contributed by atoms with Gasteiger partial charge in [-0.3, -0.25) is 4.18 Å². The molecule has 0 fully saturated rings. The Balaban J connectivity index is 0.00000392. The van der Waals surface area contributed by atoms with Crippen LogP contribution in [-0.4, -0.2) is 15.0 Å². The van der Waals surface area contributed by atoms with Crippen molar-refractivity contribution < 1.29 is 43.6 Å². The first-order chi connectivity index (χ1) is 13.1. The third-order valence-corrected chi connectivity index (χ3v) is 6.38. The van der Waals surface area contributed by atoms with Crippen molar-refractivity contribution >= 4 is 20.9 Å². The van der Waals surface area contributed by atoms with Crippen molar-refractivity contribution in [1.82, 2.24) is 0 Å². The van der Waals surface area contributed by atoms with Crippen molar-refractivity contribution in [3.05, 3.63) is 42.5 Å². The van der Waals surface area contributed by atoms with Gasteiger partial charge in [0.2, 0.25) is 0 Å². The average Bonchev–Trinajstić information content (AvgIpc) is 2.68. The first-order valence-electron chi connectivity index (χ1n) is 10.5. The van der Waals surface area contributed by atoms with Gasteiger partial charge in [0.05, 0.1) is 6.61 Å². The Bertz CT molecular complexity index is 775. The number of hydrogen-bond acceptors (Lipinski definition) is 3. The number of hydrogen-bond donors (Lipinski definition) is 0. The van der Waals surface area contributed by atoms with E-state index in [1.807, 2.05) is 30.3 Å². The summed E-state index contributed by atoms with van der Waals surface area (Å²) in [6, 6.07) is 12.8. The van der Waals surface area contributed by atoms with Crippen LogP contribution < -0.4 is 29.6 Å². The van der Waals surface area contributed by atoms with Crippen LogP contribution in [0, 0.1) is 0 Å². The molecule has 0 aliphatic heterocycles. The van der Waals surface area contributed by atoms with Gasteiger partial charge in [0, 0.05) is 5.39 Å². The molecule has 0 bridgehead atoms. The summed E-state index contributed by atoms with van der Waals surface area (Å²) < 4.78 is 30.3. The molecule has 5 heteroatoms. The molecule has 2 aromatic rings. The molecule has 0 atom stereocenters. The Labute approximate surface area is 195 Å². The molecule has 0 spiro atoms. The van der Waals surface area contributed by atoms with Crippen LogP contribution in [0.15, 0.2) is 47.4 Å². The van der Waals surface area contributed by atoms with E-state index in [1.165, 1.54) is 51.4 Å². The molecule has 2 aromatic carbocycles. The minimum absolute atomic E-state index is 0. The fourth-order valence-electron chi connectivity index (χ4n) is 3.41. The number of benzene rings is 2. The van der Waals surface area contributed by atoms with Gasteiger partial charge >= 0.3 is 29.6 Å². The van der Waals surface area contributed by atoms with E-state index < -0.39 is 10.1 Å². The van der Waals surface area contributed by atoms with Gasteiger partial charge in [-0.1, -0.05) is 108 Å². The molecule has 0 saturated carbocycles. The van der Waals surface area contributed by atoms with Crippen LogP contribution in [0.4, 0.5) is 0 Å². The van der Waals surface area contributed by atoms with E-state index in [1.54, 1.807) is 12.1 Å². The average molecular weight is 415 g/mol. The normalized spacial score (nSPS) is 11.5. The van der Waals surface area contributed by atoms with E-state index in [0.29, 0.717) is 0 Å². The maximum absolute atomic E-state index is 12.5. The Hall–Kier alpha value is -0.390. The maximum atomic E-state index is 12.5. The SMILES string of the molecule is CCCCCCCCCCCCCOS(=O)(=O)c1cccc2ccccc12.[H-].[Na+]. The molecule has 0 heterocycles. The van der Waals surface area contributed by atoms with Gasteiger partial charge in [0.1, 0.15) is 4.90 Å². The molecule has 2 rings (SSSR count). The number of fused-ring (bicyclic) bond motifs is 1. The van der Waals surface area contributed by atoms with Gasteiger partial charge in [0.25, 0.3) is 10.1 Å². The van der Waals surface area contributed by atoms with Gasteiger partial charge < -0.3 is 1.43 Å². The van der Waals surface area contributed by atoms with E-state index in [0.717, 1.165) is 30.0 Å². The maximum Gasteiger partial charge on any atom is 1.00 e. The Morgan fingerprint density at radius 1 is 0.750 bits per heavy atom. The molecule has 0 aliphatic carbocycles. The second-order valence-corrected chi connectivity index (χ2v) is 8.87. The van der Waals surface area contributed by atoms with Crippen molar-refractivity contribution in [2.75, 3.05) is 6.61 Å². The zero-order chi connectivity index (χ0) is 19.4. The fourth-order valence-corrected chi connectivity index (χ4v) is 4.58. The van der Waals surface area contributed by atoms with Gasteiger partial charge in [-0.25, -0.2) is 0 Å². The largest absolute Gasteiger partial charge is 1.00 e. The van der Waals surface area contributed by atoms with Crippen LogP contribution in [0.1, 0.15) is 79.0 Å². The molecule has 0 N–H and O–H groups in total. The predicted molar refractivity (Wildman–Crippen MR) is 115 cm³/mol. The molecule has 0 aliphatic rings. The number of rotatable bonds is 14. The summed E-state index contributed by atoms with van der Waals surface area (Å²) in [6.07, 6.45) is 13.6. The Kier molecular flexibility index (Phi) is 13.3. The van der Waals surface area contributed by atoms with Crippen molar-refractivity contribution in [3.63, 3.8) is 0 Å². The molecule has 0 saturated heterocycles. The quantitative estimate of drug-likeness (QED) is 0.267. The summed E-state index contributed by atoms with van der Waals surface area (Å²) in [7, 11) is -3.70. The smallest absolute Gasteiger partial charge is 1.00 e. The first-order valence-corrected chi connectivity index (χ1v) is 11.9. The standard InChI is InChI=1S/C23H34O3S.Na.H/c1-2-3-4-5-6-7-8-9-10-11-14-20-26-27(24,25)23-19-15-17-21-16-12-13-18-22(21)23;;/h12-13,15-19H,2-11,14,20H2,1H3;;/q;+1;-1. The molecule has 0 amide bonds. The summed E-state index contributed by atoms with van der Waals surface area (Å²) in [5, 5.41) is 1.64. The fraction of sp³-hybridized carbons (Fsp3) is 0.565. The topological polar surface area (TPSA) is 43.4 Å². The summed E-state index contributed by atoms with van der Waals surface area (Å²) >= 11 is 0. The summed E-state index contributed by atoms with van der Waals surface area (Å²) in [5.74, 6) is 0. The first kappa shape index (κ1) is 25.6. The van der Waals surface area contributed by atoms with Crippen LogP contribution in [0.25, 0.3) is 10.8 Å². The molecule has 0 aromatic heterocycles. The van der Waals surface area contributed by atoms with Crippen LogP contribution in [0.2, 0.25) is 0 Å². The zero-order valence-corrected chi connectivity index (χ0v) is 20.5. The second kappa shape index (κ2) is 14.6. The Morgan fingerprint density at radius 2 is 1.29 bits per heavy atom. The molecule has 28 heavy (non-hydrogen) atoms. The van der Waals surface area contributed by atoms with Gasteiger partial charge in [-0.15, -0.1) is 0 Å². The Morgan fingerprint density at radius 3 is 1.93 bits per heavy atom. The van der Waals surface area contributed by atoms with E-state index in [4.69, 9.17) is 4.18 Å². The van der Waals surface area contributed by atoms with Crippen molar-refractivity contribution in [2.24, 2.45) is 0 Å². The molecular formula is C23H35NaO3S. The van der Waals surface area contributed by atoms with Crippen molar-refractivity contribution in [1.29, 1.82) is 0 Å². The minimum atomic E-state index is -3.70. The molecule has 0 radical (unpaired) electrons. The third-order valence-electron chi connectivity index (χ3n) is 5.01. The summed E-state index contributed by atoms with van der Waals surface area (Å²) in [4.78, 5) is 0.267. The van der Waals surface area contributed by atoms with Crippen LogP contribution >= 0.6 is 0 Å². The van der Waals surface area contributed by atoms with Gasteiger partial charge in [0.15, 0.2) is 0 Å². The van der Waals surface area contributed by atoms with E-state index in [9.17, 15) is 8.42 Å². The summed E-state index contributed by atoms with van der Waals surface area (Å²) in [6.45, 7) is 2.51. The predicted octanol–water partition coefficient (Wildman–Crippen LogP) is 3.97. The zero-order valence-electron chi connectivity index (χ0n) is 18.7. The van der Waals surface area contributed by atoms with E-state index in [-0.39, 0.29) is 42.5 Å². The van der Waals surface area contributed by atoms with Crippen LogP contribution in [0.5, 0.6) is 0 Å². The molecular weight excluding hydrogens is 379 g/mol. The molecule has 3 nitrogen and oxygen atoms in total. The van der Waals surface area contributed by atoms with Crippen molar-refractivity contribution in [2.45, 2.75) is 82.4 Å². The number of unbranched alkanes of at least 4 members (excludes halogenated alkanes) is 10. The molecule has 152 valence electrons. The van der Waals surface area contributed by atoms with Gasteiger partial charge in [-0.2, -0.15) is 8.42 Å². The van der Waals surface area contributed by atoms with E-state index in [2.05, 4.69) is 6.92 Å². The van der Waals surface area contributed by atoms with Crippen LogP contribution in [-0.2, 0) is 14.3 Å². The third kappa shape index (κ3) is 8.96. The van der Waals surface area contributed by atoms with Gasteiger partial charge in [-0.05, 0) is 17.9 Å². The van der Waals surface area contributed by atoms with E-state index >= 15 is 0 Å². The molecule has 0 unspecified atom stereocenters. The summed E-state index contributed by atoms with van der Waals surface area (Å²) in [5.41, 5.74) is 0. The minimum Gasteiger partial charge on any atom is -1.00 e. The van der Waals surface area contributed by atoms with Crippen LogP contribution in [0.3, 0.4) is 0 Å².